The highest BCUT2D eigenvalue weighted by molar-refractivity contribution is 6.00. The number of amides is 2. The number of hydrogen-bond acceptors (Lipinski definition) is 4. The molecule has 3 fully saturated rings. The number of nitrogens with one attached hydrogen (secondary N) is 1. The molecule has 3 saturated heterocycles. The van der Waals surface area contributed by atoms with Crippen LogP contribution in [0.3, 0.4) is 0 Å². The SMILES string of the molecule is COc1cccc(N2C[C@@H](C(=O)NC[C@@H]3CCCN4CCCC[C@H]34)CC2=O)c1. The summed E-state index contributed by atoms with van der Waals surface area (Å²) < 4.78 is 5.25. The second-order valence-corrected chi connectivity index (χ2v) is 8.35. The molecule has 6 heteroatoms. The standard InChI is InChI=1S/C22H31N3O3/c1-28-19-8-4-7-18(13-19)25-15-17(12-21(25)26)22(27)23-14-16-6-5-11-24-10-3-2-9-20(16)24/h4,7-8,13,16-17,20H,2-3,5-6,9-12,14-15H2,1H3,(H,23,27)/t16-,17-,20+/m0/s1. The van der Waals surface area contributed by atoms with E-state index in [0.29, 0.717) is 24.3 Å². The minimum Gasteiger partial charge on any atom is -0.497 e. The maximum atomic E-state index is 12.8. The molecule has 4 rings (SSSR count). The van der Waals surface area contributed by atoms with Crippen molar-refractivity contribution in [2.45, 2.75) is 44.6 Å². The van der Waals surface area contributed by atoms with E-state index in [1.54, 1.807) is 12.0 Å². The number of rotatable bonds is 5. The number of anilines is 1. The van der Waals surface area contributed by atoms with Crippen molar-refractivity contribution in [3.8, 4) is 5.75 Å². The Morgan fingerprint density at radius 1 is 1.21 bits per heavy atom. The number of hydrogen-bond donors (Lipinski definition) is 1. The number of piperidine rings is 2. The fourth-order valence-electron chi connectivity index (χ4n) is 5.10. The quantitative estimate of drug-likeness (QED) is 0.846. The summed E-state index contributed by atoms with van der Waals surface area (Å²) in [5.74, 6) is 1.01. The molecule has 1 N–H and O–H groups in total. The maximum absolute atomic E-state index is 12.8. The van der Waals surface area contributed by atoms with E-state index in [9.17, 15) is 9.59 Å². The average molecular weight is 386 g/mol. The van der Waals surface area contributed by atoms with E-state index in [0.717, 1.165) is 12.2 Å². The monoisotopic (exact) mass is 385 g/mol. The van der Waals surface area contributed by atoms with Gasteiger partial charge in [-0.3, -0.25) is 9.59 Å². The molecule has 1 aromatic carbocycles. The molecular formula is C22H31N3O3. The summed E-state index contributed by atoms with van der Waals surface area (Å²) in [6.07, 6.45) is 6.57. The smallest absolute Gasteiger partial charge is 0.227 e. The summed E-state index contributed by atoms with van der Waals surface area (Å²) in [5.41, 5.74) is 0.796. The molecule has 0 aliphatic carbocycles. The van der Waals surface area contributed by atoms with Crippen LogP contribution in [0.2, 0.25) is 0 Å². The van der Waals surface area contributed by atoms with E-state index < -0.39 is 0 Å². The zero-order chi connectivity index (χ0) is 19.5. The van der Waals surface area contributed by atoms with Crippen LogP contribution < -0.4 is 15.0 Å². The van der Waals surface area contributed by atoms with Gasteiger partial charge in [0, 0.05) is 37.3 Å². The van der Waals surface area contributed by atoms with Crippen molar-refractivity contribution in [2.75, 3.05) is 38.2 Å². The fourth-order valence-corrected chi connectivity index (χ4v) is 5.10. The molecule has 3 aliphatic rings. The molecule has 3 aliphatic heterocycles. The third-order valence-electron chi connectivity index (χ3n) is 6.63. The number of nitrogens with zero attached hydrogens (tertiary/aromatic N) is 2. The van der Waals surface area contributed by atoms with Gasteiger partial charge in [0.2, 0.25) is 11.8 Å². The Morgan fingerprint density at radius 2 is 2.07 bits per heavy atom. The zero-order valence-electron chi connectivity index (χ0n) is 16.7. The highest BCUT2D eigenvalue weighted by atomic mass is 16.5. The van der Waals surface area contributed by atoms with E-state index in [4.69, 9.17) is 4.74 Å². The molecule has 152 valence electrons. The predicted octanol–water partition coefficient (Wildman–Crippen LogP) is 2.43. The minimum absolute atomic E-state index is 0.00419. The first-order valence-electron chi connectivity index (χ1n) is 10.6. The molecule has 0 bridgehead atoms. The largest absolute Gasteiger partial charge is 0.497 e. The van der Waals surface area contributed by atoms with Crippen LogP contribution in [-0.2, 0) is 9.59 Å². The fraction of sp³-hybridized carbons (Fsp3) is 0.636. The van der Waals surface area contributed by atoms with Crippen LogP contribution in [0.1, 0.15) is 38.5 Å². The molecular weight excluding hydrogens is 354 g/mol. The topological polar surface area (TPSA) is 61.9 Å². The highest BCUT2D eigenvalue weighted by Crippen LogP contribution is 2.31. The van der Waals surface area contributed by atoms with Crippen molar-refractivity contribution >= 4 is 17.5 Å². The van der Waals surface area contributed by atoms with Crippen LogP contribution in [0.4, 0.5) is 5.69 Å². The maximum Gasteiger partial charge on any atom is 0.227 e. The molecule has 0 unspecified atom stereocenters. The molecule has 1 aromatic rings. The summed E-state index contributed by atoms with van der Waals surface area (Å²) in [4.78, 5) is 29.6. The van der Waals surface area contributed by atoms with E-state index in [-0.39, 0.29) is 24.2 Å². The van der Waals surface area contributed by atoms with Crippen molar-refractivity contribution in [3.05, 3.63) is 24.3 Å². The van der Waals surface area contributed by atoms with Crippen molar-refractivity contribution < 1.29 is 14.3 Å². The van der Waals surface area contributed by atoms with Gasteiger partial charge in [0.05, 0.1) is 13.0 Å². The molecule has 0 radical (unpaired) electrons. The third-order valence-corrected chi connectivity index (χ3v) is 6.63. The first kappa shape index (κ1) is 19.2. The second-order valence-electron chi connectivity index (χ2n) is 8.35. The van der Waals surface area contributed by atoms with Crippen LogP contribution in [0.5, 0.6) is 5.75 Å². The number of ether oxygens (including phenoxy) is 1. The molecule has 0 aromatic heterocycles. The molecule has 3 atom stereocenters. The molecule has 0 spiro atoms. The van der Waals surface area contributed by atoms with Gasteiger partial charge in [-0.05, 0) is 56.8 Å². The summed E-state index contributed by atoms with van der Waals surface area (Å²) in [5, 5.41) is 3.17. The van der Waals surface area contributed by atoms with Gasteiger partial charge in [-0.15, -0.1) is 0 Å². The molecule has 0 saturated carbocycles. The first-order valence-corrected chi connectivity index (χ1v) is 10.6. The Hall–Kier alpha value is -2.08. The van der Waals surface area contributed by atoms with E-state index in [1.807, 2.05) is 24.3 Å². The highest BCUT2D eigenvalue weighted by Gasteiger charge is 2.37. The lowest BCUT2D eigenvalue weighted by Gasteiger charge is -2.44. The van der Waals surface area contributed by atoms with Crippen molar-refractivity contribution in [1.82, 2.24) is 10.2 Å². The predicted molar refractivity (Wildman–Crippen MR) is 108 cm³/mol. The van der Waals surface area contributed by atoms with E-state index in [2.05, 4.69) is 10.2 Å². The summed E-state index contributed by atoms with van der Waals surface area (Å²) in [7, 11) is 1.61. The Morgan fingerprint density at radius 3 is 2.93 bits per heavy atom. The van der Waals surface area contributed by atoms with Gasteiger partial charge in [0.15, 0.2) is 0 Å². The lowest BCUT2D eigenvalue weighted by atomic mass is 9.83. The lowest BCUT2D eigenvalue weighted by Crippen LogP contribution is -2.51. The Bertz CT molecular complexity index is 721. The van der Waals surface area contributed by atoms with Crippen LogP contribution in [0.25, 0.3) is 0 Å². The Labute approximate surface area is 167 Å². The number of fused-ring (bicyclic) bond motifs is 1. The van der Waals surface area contributed by atoms with Crippen molar-refractivity contribution in [1.29, 1.82) is 0 Å². The van der Waals surface area contributed by atoms with Crippen LogP contribution in [0, 0.1) is 11.8 Å². The Balaban J connectivity index is 1.33. The van der Waals surface area contributed by atoms with E-state index >= 15 is 0 Å². The van der Waals surface area contributed by atoms with Gasteiger partial charge in [0.25, 0.3) is 0 Å². The molecule has 2 amide bonds. The molecule has 3 heterocycles. The van der Waals surface area contributed by atoms with Gasteiger partial charge in [-0.1, -0.05) is 12.5 Å². The van der Waals surface area contributed by atoms with Crippen LogP contribution >= 0.6 is 0 Å². The van der Waals surface area contributed by atoms with Crippen LogP contribution in [-0.4, -0.2) is 56.0 Å². The number of benzene rings is 1. The van der Waals surface area contributed by atoms with Gasteiger partial charge >= 0.3 is 0 Å². The van der Waals surface area contributed by atoms with Crippen molar-refractivity contribution in [3.63, 3.8) is 0 Å². The van der Waals surface area contributed by atoms with E-state index in [1.165, 1.54) is 45.2 Å². The third kappa shape index (κ3) is 4.02. The molecule has 28 heavy (non-hydrogen) atoms. The zero-order valence-corrected chi connectivity index (χ0v) is 16.7. The number of methoxy groups -OCH3 is 1. The van der Waals surface area contributed by atoms with Gasteiger partial charge < -0.3 is 19.9 Å². The lowest BCUT2D eigenvalue weighted by molar-refractivity contribution is -0.126. The summed E-state index contributed by atoms with van der Waals surface area (Å²) >= 11 is 0. The van der Waals surface area contributed by atoms with Gasteiger partial charge in [0.1, 0.15) is 5.75 Å². The summed E-state index contributed by atoms with van der Waals surface area (Å²) in [6.45, 7) is 3.60. The number of carbonyl (C=O) groups excluding carboxylic acids is 2. The normalized spacial score (nSPS) is 28.1. The minimum atomic E-state index is -0.273. The average Bonchev–Trinajstić information content (AvgIpc) is 3.13. The second kappa shape index (κ2) is 8.52. The molecule has 6 nitrogen and oxygen atoms in total. The van der Waals surface area contributed by atoms with Crippen LogP contribution in [0.15, 0.2) is 24.3 Å². The Kier molecular flexibility index (Phi) is 5.85. The number of carbonyl (C=O) groups is 2. The van der Waals surface area contributed by atoms with Crippen molar-refractivity contribution in [2.24, 2.45) is 11.8 Å². The summed E-state index contributed by atoms with van der Waals surface area (Å²) in [6, 6.07) is 8.08. The van der Waals surface area contributed by atoms with Gasteiger partial charge in [-0.25, -0.2) is 0 Å². The van der Waals surface area contributed by atoms with Gasteiger partial charge in [-0.2, -0.15) is 0 Å². The first-order chi connectivity index (χ1) is 13.7.